The largest absolute Gasteiger partial charge is 0.378 e. The van der Waals surface area contributed by atoms with Crippen LogP contribution in [0.15, 0.2) is 47.8 Å². The first-order valence-electron chi connectivity index (χ1n) is 8.44. The quantitative estimate of drug-likeness (QED) is 0.707. The minimum absolute atomic E-state index is 0.0503. The highest BCUT2D eigenvalue weighted by Gasteiger charge is 2.24. The summed E-state index contributed by atoms with van der Waals surface area (Å²) in [6.45, 7) is 2.67. The number of nitrogens with zero attached hydrogens (tertiary/aromatic N) is 3. The van der Waals surface area contributed by atoms with Gasteiger partial charge in [0.25, 0.3) is 5.91 Å². The van der Waals surface area contributed by atoms with Crippen LogP contribution in [0.25, 0.3) is 10.6 Å². The van der Waals surface area contributed by atoms with Crippen molar-refractivity contribution in [1.82, 2.24) is 14.7 Å². The SMILES string of the molecule is O=C(c1cc(-c2cccs2)nn1Cc1ccc(F)cc1)N1CCOCC1. The van der Waals surface area contributed by atoms with E-state index in [4.69, 9.17) is 4.74 Å². The molecule has 0 N–H and O–H groups in total. The van der Waals surface area contributed by atoms with E-state index in [1.165, 1.54) is 12.1 Å². The van der Waals surface area contributed by atoms with Crippen LogP contribution < -0.4 is 0 Å². The number of morpholine rings is 1. The number of ether oxygens (including phenoxy) is 1. The van der Waals surface area contributed by atoms with Gasteiger partial charge in [0, 0.05) is 13.1 Å². The fourth-order valence-electron chi connectivity index (χ4n) is 2.95. The Morgan fingerprint density at radius 2 is 1.96 bits per heavy atom. The van der Waals surface area contributed by atoms with Crippen molar-refractivity contribution in [2.75, 3.05) is 26.3 Å². The van der Waals surface area contributed by atoms with Gasteiger partial charge in [-0.25, -0.2) is 4.39 Å². The van der Waals surface area contributed by atoms with Crippen LogP contribution in [0.2, 0.25) is 0 Å². The van der Waals surface area contributed by atoms with Gasteiger partial charge in [-0.2, -0.15) is 5.10 Å². The Labute approximate surface area is 154 Å². The molecular formula is C19H18FN3O2S. The standard InChI is InChI=1S/C19H18FN3O2S/c20-15-5-3-14(4-6-15)13-23-17(19(24)22-7-9-25-10-8-22)12-16(21-23)18-2-1-11-26-18/h1-6,11-12H,7-10,13H2. The topological polar surface area (TPSA) is 47.4 Å². The average molecular weight is 371 g/mol. The Hall–Kier alpha value is -2.51. The Kier molecular flexibility index (Phi) is 4.81. The first-order valence-corrected chi connectivity index (χ1v) is 9.32. The molecular weight excluding hydrogens is 353 g/mol. The summed E-state index contributed by atoms with van der Waals surface area (Å²) in [5.41, 5.74) is 2.21. The maximum Gasteiger partial charge on any atom is 0.272 e. The molecule has 0 radical (unpaired) electrons. The Balaban J connectivity index is 1.68. The van der Waals surface area contributed by atoms with E-state index < -0.39 is 0 Å². The molecule has 1 aliphatic rings. The first-order chi connectivity index (χ1) is 12.7. The van der Waals surface area contributed by atoms with Crippen LogP contribution in [0.1, 0.15) is 16.1 Å². The molecule has 2 aromatic heterocycles. The van der Waals surface area contributed by atoms with E-state index in [0.29, 0.717) is 38.5 Å². The van der Waals surface area contributed by atoms with E-state index >= 15 is 0 Å². The fraction of sp³-hybridized carbons (Fsp3) is 0.263. The summed E-state index contributed by atoms with van der Waals surface area (Å²) in [6.07, 6.45) is 0. The first kappa shape index (κ1) is 16.9. The number of benzene rings is 1. The lowest BCUT2D eigenvalue weighted by Gasteiger charge is -2.26. The smallest absolute Gasteiger partial charge is 0.272 e. The molecule has 1 saturated heterocycles. The average Bonchev–Trinajstić information content (AvgIpc) is 3.33. The third-order valence-electron chi connectivity index (χ3n) is 4.32. The second kappa shape index (κ2) is 7.39. The molecule has 134 valence electrons. The highest BCUT2D eigenvalue weighted by molar-refractivity contribution is 7.13. The number of carbonyl (C=O) groups excluding carboxylic acids is 1. The Morgan fingerprint density at radius 1 is 1.19 bits per heavy atom. The van der Waals surface area contributed by atoms with Crippen molar-refractivity contribution in [2.45, 2.75) is 6.54 Å². The number of thiophene rings is 1. The summed E-state index contributed by atoms with van der Waals surface area (Å²) in [5, 5.41) is 6.62. The van der Waals surface area contributed by atoms with Crippen LogP contribution in [-0.2, 0) is 11.3 Å². The zero-order valence-electron chi connectivity index (χ0n) is 14.1. The number of hydrogen-bond donors (Lipinski definition) is 0. The number of hydrogen-bond acceptors (Lipinski definition) is 4. The number of carbonyl (C=O) groups is 1. The van der Waals surface area contributed by atoms with Crippen molar-refractivity contribution in [1.29, 1.82) is 0 Å². The molecule has 4 rings (SSSR count). The molecule has 3 heterocycles. The maximum absolute atomic E-state index is 13.2. The molecule has 5 nitrogen and oxygen atoms in total. The van der Waals surface area contributed by atoms with E-state index in [0.717, 1.165) is 16.1 Å². The number of aromatic nitrogens is 2. The zero-order chi connectivity index (χ0) is 17.9. The van der Waals surface area contributed by atoms with E-state index in [9.17, 15) is 9.18 Å². The highest BCUT2D eigenvalue weighted by atomic mass is 32.1. The molecule has 3 aromatic rings. The molecule has 1 fully saturated rings. The minimum atomic E-state index is -0.280. The van der Waals surface area contributed by atoms with Gasteiger partial charge in [-0.15, -0.1) is 11.3 Å². The summed E-state index contributed by atoms with van der Waals surface area (Å²) < 4.78 is 20.2. The van der Waals surface area contributed by atoms with Gasteiger partial charge in [-0.3, -0.25) is 9.48 Å². The Morgan fingerprint density at radius 3 is 2.65 bits per heavy atom. The molecule has 7 heteroatoms. The van der Waals surface area contributed by atoms with Crippen LogP contribution in [0.5, 0.6) is 0 Å². The van der Waals surface area contributed by atoms with Gasteiger partial charge in [-0.05, 0) is 35.2 Å². The number of rotatable bonds is 4. The zero-order valence-corrected chi connectivity index (χ0v) is 14.9. The molecule has 0 aliphatic carbocycles. The van der Waals surface area contributed by atoms with Gasteiger partial charge in [0.2, 0.25) is 0 Å². The normalized spacial score (nSPS) is 14.6. The monoisotopic (exact) mass is 371 g/mol. The van der Waals surface area contributed by atoms with Crippen LogP contribution in [0.3, 0.4) is 0 Å². The van der Waals surface area contributed by atoms with Crippen LogP contribution in [-0.4, -0.2) is 46.9 Å². The predicted octanol–water partition coefficient (Wildman–Crippen LogP) is 3.27. The van der Waals surface area contributed by atoms with E-state index in [-0.39, 0.29) is 11.7 Å². The van der Waals surface area contributed by atoms with Crippen molar-refractivity contribution in [3.05, 3.63) is 64.9 Å². The van der Waals surface area contributed by atoms with E-state index in [1.807, 2.05) is 23.6 Å². The van der Waals surface area contributed by atoms with Gasteiger partial charge >= 0.3 is 0 Å². The summed E-state index contributed by atoms with van der Waals surface area (Å²) >= 11 is 1.58. The molecule has 0 saturated carbocycles. The van der Waals surface area contributed by atoms with Gasteiger partial charge in [0.1, 0.15) is 17.2 Å². The van der Waals surface area contributed by atoms with Gasteiger partial charge < -0.3 is 9.64 Å². The molecule has 1 aromatic carbocycles. The summed E-state index contributed by atoms with van der Waals surface area (Å²) in [4.78, 5) is 15.8. The Bertz CT molecular complexity index is 884. The van der Waals surface area contributed by atoms with Crippen molar-refractivity contribution in [2.24, 2.45) is 0 Å². The third-order valence-corrected chi connectivity index (χ3v) is 5.21. The lowest BCUT2D eigenvalue weighted by molar-refractivity contribution is 0.0295. The second-order valence-corrected chi connectivity index (χ2v) is 7.03. The molecule has 1 aliphatic heterocycles. The lowest BCUT2D eigenvalue weighted by Crippen LogP contribution is -2.41. The van der Waals surface area contributed by atoms with Crippen LogP contribution >= 0.6 is 11.3 Å². The van der Waals surface area contributed by atoms with Crippen molar-refractivity contribution in [3.8, 4) is 10.6 Å². The maximum atomic E-state index is 13.2. The molecule has 0 bridgehead atoms. The molecule has 26 heavy (non-hydrogen) atoms. The minimum Gasteiger partial charge on any atom is -0.378 e. The summed E-state index contributed by atoms with van der Waals surface area (Å²) in [6, 6.07) is 12.1. The van der Waals surface area contributed by atoms with Gasteiger partial charge in [-0.1, -0.05) is 18.2 Å². The highest BCUT2D eigenvalue weighted by Crippen LogP contribution is 2.25. The van der Waals surface area contributed by atoms with E-state index in [2.05, 4.69) is 5.10 Å². The molecule has 0 spiro atoms. The molecule has 0 unspecified atom stereocenters. The second-order valence-electron chi connectivity index (χ2n) is 6.08. The molecule has 0 atom stereocenters. The van der Waals surface area contributed by atoms with Crippen molar-refractivity contribution >= 4 is 17.2 Å². The summed E-state index contributed by atoms with van der Waals surface area (Å²) in [5.74, 6) is -0.330. The van der Waals surface area contributed by atoms with Gasteiger partial charge in [0.05, 0.1) is 24.6 Å². The fourth-order valence-corrected chi connectivity index (χ4v) is 3.63. The number of halogens is 1. The van der Waals surface area contributed by atoms with Gasteiger partial charge in [0.15, 0.2) is 0 Å². The lowest BCUT2D eigenvalue weighted by atomic mass is 10.2. The van der Waals surface area contributed by atoms with Crippen LogP contribution in [0.4, 0.5) is 4.39 Å². The van der Waals surface area contributed by atoms with E-state index in [1.54, 1.807) is 33.1 Å². The predicted molar refractivity (Wildman–Crippen MR) is 97.8 cm³/mol. The van der Waals surface area contributed by atoms with Crippen molar-refractivity contribution < 1.29 is 13.9 Å². The van der Waals surface area contributed by atoms with Crippen molar-refractivity contribution in [3.63, 3.8) is 0 Å². The molecule has 1 amide bonds. The summed E-state index contributed by atoms with van der Waals surface area (Å²) in [7, 11) is 0. The van der Waals surface area contributed by atoms with Crippen LogP contribution in [0, 0.1) is 5.82 Å². The number of amides is 1. The third kappa shape index (κ3) is 3.54.